The van der Waals surface area contributed by atoms with Gasteiger partial charge in [-0.3, -0.25) is 0 Å². The van der Waals surface area contributed by atoms with E-state index in [-0.39, 0.29) is 11.8 Å². The first-order valence-electron chi connectivity index (χ1n) is 8.01. The van der Waals surface area contributed by atoms with Gasteiger partial charge in [0.2, 0.25) is 0 Å². The predicted molar refractivity (Wildman–Crippen MR) is 83.9 cm³/mol. The van der Waals surface area contributed by atoms with Gasteiger partial charge in [0.25, 0.3) is 0 Å². The standard InChI is InChI=1S/C17H23N3O2/c1-20-10-16(18)19-17(20)9-15(12-5-4-8-21-11-12)22-14-7-3-2-6-13(14)17/h2-3,6-7,10,12,15,19H,4-5,8-9,11,18H2,1H3/t12-,15?,17?/m0/s1. The first-order valence-corrected chi connectivity index (χ1v) is 8.01. The Balaban J connectivity index is 1.71. The van der Waals surface area contributed by atoms with Gasteiger partial charge >= 0.3 is 0 Å². The molecule has 3 aliphatic heterocycles. The highest BCUT2D eigenvalue weighted by Gasteiger charge is 2.48. The highest BCUT2D eigenvalue weighted by molar-refractivity contribution is 5.43. The van der Waals surface area contributed by atoms with Gasteiger partial charge in [0, 0.05) is 37.8 Å². The Morgan fingerprint density at radius 3 is 2.95 bits per heavy atom. The van der Waals surface area contributed by atoms with Gasteiger partial charge in [-0.1, -0.05) is 18.2 Å². The maximum Gasteiger partial charge on any atom is 0.144 e. The van der Waals surface area contributed by atoms with Gasteiger partial charge in [0.05, 0.1) is 6.61 Å². The third-order valence-electron chi connectivity index (χ3n) is 5.11. The van der Waals surface area contributed by atoms with Crippen LogP contribution in [0.1, 0.15) is 24.8 Å². The van der Waals surface area contributed by atoms with E-state index in [1.807, 2.05) is 12.3 Å². The van der Waals surface area contributed by atoms with Crippen molar-refractivity contribution < 1.29 is 9.47 Å². The van der Waals surface area contributed by atoms with Crippen LogP contribution in [0.15, 0.2) is 36.3 Å². The predicted octanol–water partition coefficient (Wildman–Crippen LogP) is 1.71. The summed E-state index contributed by atoms with van der Waals surface area (Å²) in [5.41, 5.74) is 6.90. The maximum absolute atomic E-state index is 6.33. The molecule has 0 aromatic heterocycles. The molecule has 2 unspecified atom stereocenters. The number of nitrogens with one attached hydrogen (secondary N) is 1. The van der Waals surface area contributed by atoms with Gasteiger partial charge in [0.15, 0.2) is 0 Å². The molecule has 1 spiro atoms. The van der Waals surface area contributed by atoms with Gasteiger partial charge in [-0.05, 0) is 18.9 Å². The molecule has 5 nitrogen and oxygen atoms in total. The first kappa shape index (κ1) is 13.8. The molecule has 5 heteroatoms. The van der Waals surface area contributed by atoms with Crippen LogP contribution in [0.2, 0.25) is 0 Å². The van der Waals surface area contributed by atoms with Crippen molar-refractivity contribution in [1.82, 2.24) is 10.2 Å². The van der Waals surface area contributed by atoms with E-state index >= 15 is 0 Å². The molecule has 1 fully saturated rings. The van der Waals surface area contributed by atoms with E-state index < -0.39 is 0 Å². The van der Waals surface area contributed by atoms with Crippen molar-refractivity contribution in [1.29, 1.82) is 0 Å². The molecule has 3 heterocycles. The summed E-state index contributed by atoms with van der Waals surface area (Å²) in [5.74, 6) is 2.10. The van der Waals surface area contributed by atoms with E-state index in [2.05, 4.69) is 35.5 Å². The molecule has 0 radical (unpaired) electrons. The number of rotatable bonds is 1. The molecule has 0 bridgehead atoms. The minimum Gasteiger partial charge on any atom is -0.489 e. The Hall–Kier alpha value is -1.88. The molecular weight excluding hydrogens is 278 g/mol. The lowest BCUT2D eigenvalue weighted by Gasteiger charge is -2.46. The van der Waals surface area contributed by atoms with Crippen LogP contribution in [-0.4, -0.2) is 31.3 Å². The van der Waals surface area contributed by atoms with Gasteiger partial charge in [0.1, 0.15) is 23.3 Å². The molecule has 4 rings (SSSR count). The normalized spacial score (nSPS) is 33.9. The fourth-order valence-corrected chi connectivity index (χ4v) is 3.97. The summed E-state index contributed by atoms with van der Waals surface area (Å²) in [6.45, 7) is 1.66. The fourth-order valence-electron chi connectivity index (χ4n) is 3.97. The van der Waals surface area contributed by atoms with E-state index in [0.29, 0.717) is 11.7 Å². The summed E-state index contributed by atoms with van der Waals surface area (Å²) in [7, 11) is 2.07. The van der Waals surface area contributed by atoms with Crippen molar-refractivity contribution in [2.75, 3.05) is 20.3 Å². The molecule has 3 N–H and O–H groups in total. The molecule has 118 valence electrons. The molecule has 1 saturated heterocycles. The van der Waals surface area contributed by atoms with E-state index in [4.69, 9.17) is 15.2 Å². The van der Waals surface area contributed by atoms with Crippen LogP contribution in [-0.2, 0) is 10.4 Å². The van der Waals surface area contributed by atoms with Crippen LogP contribution >= 0.6 is 0 Å². The van der Waals surface area contributed by atoms with Gasteiger partial charge in [-0.25, -0.2) is 0 Å². The topological polar surface area (TPSA) is 59.8 Å². The van der Waals surface area contributed by atoms with Gasteiger partial charge < -0.3 is 25.4 Å². The van der Waals surface area contributed by atoms with Crippen molar-refractivity contribution in [2.45, 2.75) is 31.0 Å². The highest BCUT2D eigenvalue weighted by atomic mass is 16.5. The SMILES string of the molecule is CN1C=C(N)NC12CC([C@H]1CCCOC1)Oc1ccccc12. The number of hydrogen-bond donors (Lipinski definition) is 2. The second kappa shape index (κ2) is 5.09. The molecule has 0 saturated carbocycles. The Morgan fingerprint density at radius 1 is 1.36 bits per heavy atom. The maximum atomic E-state index is 6.33. The zero-order valence-corrected chi connectivity index (χ0v) is 12.9. The lowest BCUT2D eigenvalue weighted by Crippen LogP contribution is -2.55. The Labute approximate surface area is 131 Å². The van der Waals surface area contributed by atoms with Crippen LogP contribution in [0, 0.1) is 5.92 Å². The van der Waals surface area contributed by atoms with E-state index in [0.717, 1.165) is 43.8 Å². The number of ether oxygens (including phenoxy) is 2. The number of para-hydroxylation sites is 1. The van der Waals surface area contributed by atoms with E-state index in [1.165, 1.54) is 0 Å². The van der Waals surface area contributed by atoms with Crippen molar-refractivity contribution in [3.8, 4) is 5.75 Å². The van der Waals surface area contributed by atoms with Gasteiger partial charge in [-0.2, -0.15) is 0 Å². The van der Waals surface area contributed by atoms with Crippen LogP contribution in [0.3, 0.4) is 0 Å². The fraction of sp³-hybridized carbons (Fsp3) is 0.529. The third kappa shape index (κ3) is 2.03. The first-order chi connectivity index (χ1) is 10.7. The zero-order valence-electron chi connectivity index (χ0n) is 12.9. The monoisotopic (exact) mass is 301 g/mol. The van der Waals surface area contributed by atoms with E-state index in [1.54, 1.807) is 0 Å². The molecule has 3 atom stereocenters. The van der Waals surface area contributed by atoms with Crippen molar-refractivity contribution in [3.05, 3.63) is 41.8 Å². The number of benzene rings is 1. The molecular formula is C17H23N3O2. The Kier molecular flexibility index (Phi) is 3.18. The Morgan fingerprint density at radius 2 is 2.23 bits per heavy atom. The van der Waals surface area contributed by atoms with Crippen molar-refractivity contribution in [2.24, 2.45) is 11.7 Å². The Bertz CT molecular complexity index is 597. The molecule has 22 heavy (non-hydrogen) atoms. The smallest absolute Gasteiger partial charge is 0.144 e. The summed E-state index contributed by atoms with van der Waals surface area (Å²) in [6, 6.07) is 8.26. The largest absolute Gasteiger partial charge is 0.489 e. The molecule has 0 aliphatic carbocycles. The second-order valence-electron chi connectivity index (χ2n) is 6.51. The van der Waals surface area contributed by atoms with Crippen LogP contribution in [0.4, 0.5) is 0 Å². The molecule has 3 aliphatic rings. The second-order valence-corrected chi connectivity index (χ2v) is 6.51. The number of nitrogens with two attached hydrogens (primary N) is 1. The van der Waals surface area contributed by atoms with Crippen LogP contribution in [0.5, 0.6) is 5.75 Å². The minimum absolute atomic E-state index is 0.143. The third-order valence-corrected chi connectivity index (χ3v) is 5.11. The zero-order chi connectivity index (χ0) is 15.2. The minimum atomic E-state index is -0.305. The summed E-state index contributed by atoms with van der Waals surface area (Å²) in [4.78, 5) is 2.18. The average Bonchev–Trinajstić information content (AvgIpc) is 2.82. The number of nitrogens with zero attached hydrogens (tertiary/aromatic N) is 1. The number of fused-ring (bicyclic) bond motifs is 2. The summed E-state index contributed by atoms with van der Waals surface area (Å²) < 4.78 is 12.0. The lowest BCUT2D eigenvalue weighted by atomic mass is 9.82. The van der Waals surface area contributed by atoms with Crippen molar-refractivity contribution >= 4 is 0 Å². The molecule has 1 aromatic carbocycles. The van der Waals surface area contributed by atoms with E-state index in [9.17, 15) is 0 Å². The molecule has 1 aromatic rings. The van der Waals surface area contributed by atoms with Crippen molar-refractivity contribution in [3.63, 3.8) is 0 Å². The number of hydrogen-bond acceptors (Lipinski definition) is 5. The highest BCUT2D eigenvalue weighted by Crippen LogP contribution is 2.45. The van der Waals surface area contributed by atoms with Crippen LogP contribution < -0.4 is 15.8 Å². The molecule has 0 amide bonds. The summed E-state index contributed by atoms with van der Waals surface area (Å²) >= 11 is 0. The average molecular weight is 301 g/mol. The quantitative estimate of drug-likeness (QED) is 0.827. The van der Waals surface area contributed by atoms with Crippen LogP contribution in [0.25, 0.3) is 0 Å². The lowest BCUT2D eigenvalue weighted by molar-refractivity contribution is -0.0371. The van der Waals surface area contributed by atoms with Gasteiger partial charge in [-0.15, -0.1) is 0 Å². The summed E-state index contributed by atoms with van der Waals surface area (Å²) in [6.07, 6.45) is 5.25. The summed E-state index contributed by atoms with van der Waals surface area (Å²) in [5, 5.41) is 3.49.